The van der Waals surface area contributed by atoms with Crippen LogP contribution in [0.4, 0.5) is 0 Å². The van der Waals surface area contributed by atoms with E-state index in [-0.39, 0.29) is 17.2 Å². The second-order valence-corrected chi connectivity index (χ2v) is 6.74. The van der Waals surface area contributed by atoms with Crippen LogP contribution in [-0.2, 0) is 18.4 Å². The molecule has 3 heterocycles. The van der Waals surface area contributed by atoms with Gasteiger partial charge in [-0.15, -0.1) is 0 Å². The van der Waals surface area contributed by atoms with Crippen molar-refractivity contribution in [1.82, 2.24) is 19.8 Å². The highest BCUT2D eigenvalue weighted by Crippen LogP contribution is 2.47. The highest BCUT2D eigenvalue weighted by Gasteiger charge is 2.54. The third kappa shape index (κ3) is 2.36. The number of carbonyl (C=O) groups is 1. The molecule has 2 aliphatic rings. The predicted octanol–water partition coefficient (Wildman–Crippen LogP) is 1.53. The molecule has 5 nitrogen and oxygen atoms in total. The number of aryl methyl sites for hydroxylation is 1. The number of aromatic nitrogens is 2. The molecule has 2 aliphatic heterocycles. The summed E-state index contributed by atoms with van der Waals surface area (Å²) in [5.41, 5.74) is 0.983. The van der Waals surface area contributed by atoms with Crippen molar-refractivity contribution >= 4 is 5.91 Å². The van der Waals surface area contributed by atoms with Crippen molar-refractivity contribution in [2.45, 2.75) is 18.9 Å². The molecule has 23 heavy (non-hydrogen) atoms. The van der Waals surface area contributed by atoms with Gasteiger partial charge in [-0.1, -0.05) is 30.3 Å². The van der Waals surface area contributed by atoms with Crippen molar-refractivity contribution < 1.29 is 4.79 Å². The first kappa shape index (κ1) is 14.5. The molecule has 2 saturated heterocycles. The van der Waals surface area contributed by atoms with Gasteiger partial charge >= 0.3 is 0 Å². The Bertz CT molecular complexity index is 711. The van der Waals surface area contributed by atoms with E-state index in [1.54, 1.807) is 0 Å². The Balaban J connectivity index is 1.57. The summed E-state index contributed by atoms with van der Waals surface area (Å²) in [5, 5.41) is 3.11. The van der Waals surface area contributed by atoms with Crippen LogP contribution in [0.1, 0.15) is 23.7 Å². The number of nitrogens with one attached hydrogen (secondary N) is 1. The topological polar surface area (TPSA) is 50.2 Å². The molecule has 0 bridgehead atoms. The Morgan fingerprint density at radius 2 is 2.17 bits per heavy atom. The van der Waals surface area contributed by atoms with Crippen molar-refractivity contribution in [2.75, 3.05) is 19.6 Å². The molecule has 0 saturated carbocycles. The van der Waals surface area contributed by atoms with Crippen LogP contribution < -0.4 is 5.32 Å². The van der Waals surface area contributed by atoms with Crippen molar-refractivity contribution in [2.24, 2.45) is 12.5 Å². The Hall–Kier alpha value is -2.14. The molecule has 120 valence electrons. The predicted molar refractivity (Wildman–Crippen MR) is 87.7 cm³/mol. The van der Waals surface area contributed by atoms with Gasteiger partial charge in [0.15, 0.2) is 0 Å². The summed E-state index contributed by atoms with van der Waals surface area (Å²) in [6.07, 6.45) is 4.72. The average molecular weight is 310 g/mol. The third-order valence-electron chi connectivity index (χ3n) is 5.45. The maximum absolute atomic E-state index is 12.6. The lowest BCUT2D eigenvalue weighted by atomic mass is 9.73. The van der Waals surface area contributed by atoms with E-state index < -0.39 is 0 Å². The van der Waals surface area contributed by atoms with Crippen LogP contribution in [0.15, 0.2) is 42.7 Å². The van der Waals surface area contributed by atoms with E-state index in [1.807, 2.05) is 30.1 Å². The van der Waals surface area contributed by atoms with Crippen LogP contribution in [0.25, 0.3) is 0 Å². The number of carbonyl (C=O) groups excluding carboxylic acids is 1. The zero-order chi connectivity index (χ0) is 15.9. The highest BCUT2D eigenvalue weighted by atomic mass is 16.2. The molecule has 1 N–H and O–H groups in total. The molecule has 0 aliphatic carbocycles. The lowest BCUT2D eigenvalue weighted by molar-refractivity contribution is -0.127. The summed E-state index contributed by atoms with van der Waals surface area (Å²) in [6, 6.07) is 10.4. The lowest BCUT2D eigenvalue weighted by Crippen LogP contribution is -2.37. The summed E-state index contributed by atoms with van der Waals surface area (Å²) in [6.45, 7) is 3.31. The molecule has 0 radical (unpaired) electrons. The molecule has 1 amide bonds. The number of hydrogen-bond acceptors (Lipinski definition) is 3. The average Bonchev–Trinajstić information content (AvgIpc) is 3.25. The number of imidazole rings is 1. The maximum atomic E-state index is 12.6. The van der Waals surface area contributed by atoms with E-state index in [0.717, 1.165) is 38.4 Å². The fourth-order valence-electron chi connectivity index (χ4n) is 4.11. The number of benzene rings is 1. The van der Waals surface area contributed by atoms with Gasteiger partial charge in [-0.2, -0.15) is 0 Å². The lowest BCUT2D eigenvalue weighted by Gasteiger charge is -2.28. The summed E-state index contributed by atoms with van der Waals surface area (Å²) < 4.78 is 2.05. The zero-order valence-corrected chi connectivity index (χ0v) is 13.4. The smallest absolute Gasteiger partial charge is 0.228 e. The molecule has 1 spiro atoms. The van der Waals surface area contributed by atoms with E-state index in [2.05, 4.69) is 39.5 Å². The standard InChI is InChI=1S/C18H22N4O/c1-21-10-8-19-16(21)12-22-9-7-18(13-22)15(11-20-17(18)23)14-5-3-2-4-6-14/h2-6,8,10,15H,7,9,11-13H2,1H3,(H,20,23)/t15-,18+/m0/s1. The molecule has 4 rings (SSSR count). The Morgan fingerprint density at radius 1 is 1.35 bits per heavy atom. The first-order valence-electron chi connectivity index (χ1n) is 8.21. The van der Waals surface area contributed by atoms with E-state index in [9.17, 15) is 4.79 Å². The highest BCUT2D eigenvalue weighted by molar-refractivity contribution is 5.87. The molecular formula is C18H22N4O. The van der Waals surface area contributed by atoms with Crippen LogP contribution in [0.2, 0.25) is 0 Å². The molecule has 2 atom stereocenters. The van der Waals surface area contributed by atoms with Gasteiger partial charge in [-0.25, -0.2) is 4.98 Å². The molecule has 2 fully saturated rings. The number of likely N-dealkylation sites (tertiary alicyclic amines) is 1. The second kappa shape index (κ2) is 5.49. The number of rotatable bonds is 3. The van der Waals surface area contributed by atoms with Gasteiger partial charge in [0.05, 0.1) is 12.0 Å². The second-order valence-electron chi connectivity index (χ2n) is 6.74. The Kier molecular flexibility index (Phi) is 3.45. The Labute approximate surface area is 136 Å². The first-order valence-corrected chi connectivity index (χ1v) is 8.21. The van der Waals surface area contributed by atoms with Crippen LogP contribution in [-0.4, -0.2) is 40.0 Å². The van der Waals surface area contributed by atoms with Crippen LogP contribution in [0.3, 0.4) is 0 Å². The van der Waals surface area contributed by atoms with Gasteiger partial charge < -0.3 is 9.88 Å². The monoisotopic (exact) mass is 310 g/mol. The van der Waals surface area contributed by atoms with Crippen LogP contribution in [0, 0.1) is 5.41 Å². The molecule has 5 heteroatoms. The minimum absolute atomic E-state index is 0.216. The van der Waals surface area contributed by atoms with E-state index in [4.69, 9.17) is 0 Å². The largest absolute Gasteiger partial charge is 0.355 e. The third-order valence-corrected chi connectivity index (χ3v) is 5.45. The summed E-state index contributed by atoms with van der Waals surface area (Å²) in [4.78, 5) is 19.4. The van der Waals surface area contributed by atoms with Gasteiger partial charge in [-0.05, 0) is 18.5 Å². The normalized spacial score (nSPS) is 27.7. The maximum Gasteiger partial charge on any atom is 0.228 e. The van der Waals surface area contributed by atoms with Crippen LogP contribution in [0.5, 0.6) is 0 Å². The zero-order valence-electron chi connectivity index (χ0n) is 13.4. The van der Waals surface area contributed by atoms with Gasteiger partial charge in [0.25, 0.3) is 0 Å². The summed E-state index contributed by atoms with van der Waals surface area (Å²) in [5.74, 6) is 1.54. The number of hydrogen-bond donors (Lipinski definition) is 1. The summed E-state index contributed by atoms with van der Waals surface area (Å²) in [7, 11) is 2.02. The molecular weight excluding hydrogens is 288 g/mol. The number of nitrogens with zero attached hydrogens (tertiary/aromatic N) is 3. The van der Waals surface area contributed by atoms with Gasteiger partial charge in [-0.3, -0.25) is 9.69 Å². The molecule has 1 aromatic heterocycles. The van der Waals surface area contributed by atoms with Gasteiger partial charge in [0.1, 0.15) is 5.82 Å². The SMILES string of the molecule is Cn1ccnc1CN1CC[C@]2(C1)C(=O)NC[C@H]2c1ccccc1. The van der Waals surface area contributed by atoms with Crippen molar-refractivity contribution in [1.29, 1.82) is 0 Å². The van der Waals surface area contributed by atoms with E-state index in [1.165, 1.54) is 5.56 Å². The van der Waals surface area contributed by atoms with Gasteiger partial charge in [0, 0.05) is 38.4 Å². The van der Waals surface area contributed by atoms with E-state index >= 15 is 0 Å². The fourth-order valence-corrected chi connectivity index (χ4v) is 4.11. The molecule has 1 aromatic carbocycles. The minimum Gasteiger partial charge on any atom is -0.355 e. The van der Waals surface area contributed by atoms with Crippen molar-refractivity contribution in [3.8, 4) is 0 Å². The van der Waals surface area contributed by atoms with Crippen molar-refractivity contribution in [3.63, 3.8) is 0 Å². The van der Waals surface area contributed by atoms with Crippen LogP contribution >= 0.6 is 0 Å². The Morgan fingerprint density at radius 3 is 2.91 bits per heavy atom. The fraction of sp³-hybridized carbons (Fsp3) is 0.444. The molecule has 0 unspecified atom stereocenters. The van der Waals surface area contributed by atoms with Crippen molar-refractivity contribution in [3.05, 3.63) is 54.1 Å². The minimum atomic E-state index is -0.285. The first-order chi connectivity index (χ1) is 11.2. The van der Waals surface area contributed by atoms with Gasteiger partial charge in [0.2, 0.25) is 5.91 Å². The summed E-state index contributed by atoms with van der Waals surface area (Å²) >= 11 is 0. The van der Waals surface area contributed by atoms with E-state index in [0.29, 0.717) is 0 Å². The number of amides is 1. The molecule has 2 aromatic rings. The quantitative estimate of drug-likeness (QED) is 0.935.